The summed E-state index contributed by atoms with van der Waals surface area (Å²) in [5.74, 6) is -1.81. The van der Waals surface area contributed by atoms with E-state index < -0.39 is 23.9 Å². The molecule has 0 aliphatic heterocycles. The number of alkyl halides is 3. The quantitative estimate of drug-likeness (QED) is 0.613. The molecule has 1 aromatic carbocycles. The molecule has 7 heteroatoms. The Balaban J connectivity index is 2.82. The van der Waals surface area contributed by atoms with Gasteiger partial charge in [-0.1, -0.05) is 12.1 Å². The molecule has 0 saturated carbocycles. The molecule has 0 unspecified atom stereocenters. The number of benzene rings is 1. The van der Waals surface area contributed by atoms with E-state index in [4.69, 9.17) is 0 Å². The van der Waals surface area contributed by atoms with Crippen molar-refractivity contribution in [2.75, 3.05) is 7.11 Å². The number of Topliss-reactive ketones (excluding diaryl/α,β-unsaturated/α-hetero) is 1. The number of esters is 1. The lowest BCUT2D eigenvalue weighted by molar-refractivity contribution is -0.274. The Kier molecular flexibility index (Phi) is 4.91. The minimum atomic E-state index is -4.88. The van der Waals surface area contributed by atoms with E-state index in [9.17, 15) is 22.8 Å². The first-order chi connectivity index (χ1) is 8.83. The second-order valence-corrected chi connectivity index (χ2v) is 3.54. The molecule has 0 bridgehead atoms. The first kappa shape index (κ1) is 15.0. The molecule has 0 amide bonds. The third-order valence-corrected chi connectivity index (χ3v) is 2.20. The first-order valence-electron chi connectivity index (χ1n) is 5.28. The highest BCUT2D eigenvalue weighted by atomic mass is 19.4. The van der Waals surface area contributed by atoms with Crippen LogP contribution in [-0.4, -0.2) is 25.2 Å². The number of carbonyl (C=O) groups is 2. The summed E-state index contributed by atoms with van der Waals surface area (Å²) in [5, 5.41) is 0. The van der Waals surface area contributed by atoms with E-state index in [0.29, 0.717) is 0 Å². The van der Waals surface area contributed by atoms with Gasteiger partial charge in [-0.3, -0.25) is 9.59 Å². The van der Waals surface area contributed by atoms with Crippen molar-refractivity contribution in [3.63, 3.8) is 0 Å². The van der Waals surface area contributed by atoms with Gasteiger partial charge in [0.15, 0.2) is 5.78 Å². The van der Waals surface area contributed by atoms with Crippen LogP contribution in [0.1, 0.15) is 23.2 Å². The lowest BCUT2D eigenvalue weighted by Crippen LogP contribution is -2.19. The summed E-state index contributed by atoms with van der Waals surface area (Å²) in [4.78, 5) is 22.6. The minimum Gasteiger partial charge on any atom is -0.469 e. The zero-order valence-corrected chi connectivity index (χ0v) is 9.99. The molecule has 0 radical (unpaired) electrons. The van der Waals surface area contributed by atoms with E-state index in [0.717, 1.165) is 13.2 Å². The SMILES string of the molecule is COC(=O)CCC(=O)c1ccccc1OC(F)(F)F. The summed E-state index contributed by atoms with van der Waals surface area (Å²) in [6, 6.07) is 4.98. The Morgan fingerprint density at radius 2 is 1.79 bits per heavy atom. The topological polar surface area (TPSA) is 52.6 Å². The van der Waals surface area contributed by atoms with Gasteiger partial charge in [0.05, 0.1) is 19.1 Å². The van der Waals surface area contributed by atoms with E-state index in [1.165, 1.54) is 18.2 Å². The molecular formula is C12H11F3O4. The van der Waals surface area contributed by atoms with Crippen molar-refractivity contribution in [3.8, 4) is 5.75 Å². The van der Waals surface area contributed by atoms with Gasteiger partial charge in [-0.15, -0.1) is 13.2 Å². The number of methoxy groups -OCH3 is 1. The molecular weight excluding hydrogens is 265 g/mol. The van der Waals surface area contributed by atoms with Crippen molar-refractivity contribution >= 4 is 11.8 Å². The standard InChI is InChI=1S/C12H11F3O4/c1-18-11(17)7-6-9(16)8-4-2-3-5-10(8)19-12(13,14)15/h2-5H,6-7H2,1H3. The number of rotatable bonds is 5. The van der Waals surface area contributed by atoms with Crippen molar-refractivity contribution in [2.24, 2.45) is 0 Å². The highest BCUT2D eigenvalue weighted by molar-refractivity contribution is 5.99. The second kappa shape index (κ2) is 6.21. The Morgan fingerprint density at radius 3 is 2.37 bits per heavy atom. The fourth-order valence-corrected chi connectivity index (χ4v) is 1.36. The van der Waals surface area contributed by atoms with E-state index in [1.807, 2.05) is 0 Å². The molecule has 0 N–H and O–H groups in total. The molecule has 19 heavy (non-hydrogen) atoms. The van der Waals surface area contributed by atoms with Crippen molar-refractivity contribution in [2.45, 2.75) is 19.2 Å². The molecule has 0 saturated heterocycles. The van der Waals surface area contributed by atoms with Gasteiger partial charge < -0.3 is 9.47 Å². The Bertz CT molecular complexity index is 468. The van der Waals surface area contributed by atoms with E-state index in [1.54, 1.807) is 0 Å². The fraction of sp³-hybridized carbons (Fsp3) is 0.333. The molecule has 0 fully saturated rings. The average Bonchev–Trinajstić information content (AvgIpc) is 2.34. The number of hydrogen-bond donors (Lipinski definition) is 0. The second-order valence-electron chi connectivity index (χ2n) is 3.54. The van der Waals surface area contributed by atoms with Crippen LogP contribution in [0.3, 0.4) is 0 Å². The van der Waals surface area contributed by atoms with Crippen LogP contribution in [0.4, 0.5) is 13.2 Å². The highest BCUT2D eigenvalue weighted by Gasteiger charge is 2.32. The van der Waals surface area contributed by atoms with Gasteiger partial charge in [0.1, 0.15) is 5.75 Å². The molecule has 0 atom stereocenters. The van der Waals surface area contributed by atoms with Crippen LogP contribution in [0.2, 0.25) is 0 Å². The summed E-state index contributed by atoms with van der Waals surface area (Å²) in [5.41, 5.74) is -0.219. The van der Waals surface area contributed by atoms with Gasteiger partial charge in [-0.05, 0) is 12.1 Å². The van der Waals surface area contributed by atoms with Crippen molar-refractivity contribution in [3.05, 3.63) is 29.8 Å². The van der Waals surface area contributed by atoms with Crippen LogP contribution in [0.5, 0.6) is 5.75 Å². The summed E-state index contributed by atoms with van der Waals surface area (Å²) < 4.78 is 44.5. The number of carbonyl (C=O) groups excluding carboxylic acids is 2. The lowest BCUT2D eigenvalue weighted by atomic mass is 10.1. The molecule has 1 rings (SSSR count). The zero-order chi connectivity index (χ0) is 14.5. The summed E-state index contributed by atoms with van der Waals surface area (Å²) in [7, 11) is 1.16. The average molecular weight is 276 g/mol. The van der Waals surface area contributed by atoms with Crippen molar-refractivity contribution in [1.82, 2.24) is 0 Å². The molecule has 1 aromatic rings. The van der Waals surface area contributed by atoms with Crippen LogP contribution in [-0.2, 0) is 9.53 Å². The van der Waals surface area contributed by atoms with Gasteiger partial charge in [0.2, 0.25) is 0 Å². The van der Waals surface area contributed by atoms with Gasteiger partial charge in [0.25, 0.3) is 0 Å². The van der Waals surface area contributed by atoms with Crippen LogP contribution >= 0.6 is 0 Å². The maximum absolute atomic E-state index is 12.1. The predicted octanol–water partition coefficient (Wildman–Crippen LogP) is 2.72. The van der Waals surface area contributed by atoms with Gasteiger partial charge in [-0.25, -0.2) is 0 Å². The number of halogens is 3. The molecule has 0 spiro atoms. The van der Waals surface area contributed by atoms with Gasteiger partial charge in [-0.2, -0.15) is 0 Å². The lowest BCUT2D eigenvalue weighted by Gasteiger charge is -2.12. The number of ether oxygens (including phenoxy) is 2. The van der Waals surface area contributed by atoms with Crippen LogP contribution in [0.25, 0.3) is 0 Å². The number of hydrogen-bond acceptors (Lipinski definition) is 4. The van der Waals surface area contributed by atoms with Crippen LogP contribution in [0, 0.1) is 0 Å². The number of para-hydroxylation sites is 1. The van der Waals surface area contributed by atoms with Gasteiger partial charge in [0, 0.05) is 6.42 Å². The van der Waals surface area contributed by atoms with Crippen molar-refractivity contribution < 1.29 is 32.2 Å². The summed E-state index contributed by atoms with van der Waals surface area (Å²) in [6.07, 6.45) is -5.32. The fourth-order valence-electron chi connectivity index (χ4n) is 1.36. The Morgan fingerprint density at radius 1 is 1.16 bits per heavy atom. The third-order valence-electron chi connectivity index (χ3n) is 2.20. The zero-order valence-electron chi connectivity index (χ0n) is 9.99. The smallest absolute Gasteiger partial charge is 0.469 e. The molecule has 104 valence electrons. The predicted molar refractivity (Wildman–Crippen MR) is 58.7 cm³/mol. The number of ketones is 1. The Hall–Kier alpha value is -2.05. The minimum absolute atomic E-state index is 0.199. The Labute approximate surface area is 107 Å². The maximum atomic E-state index is 12.1. The van der Waals surface area contributed by atoms with Crippen LogP contribution < -0.4 is 4.74 Å². The van der Waals surface area contributed by atoms with Crippen LogP contribution in [0.15, 0.2) is 24.3 Å². The van der Waals surface area contributed by atoms with Crippen molar-refractivity contribution in [1.29, 1.82) is 0 Å². The third kappa shape index (κ3) is 4.99. The normalized spacial score (nSPS) is 10.9. The summed E-state index contributed by atoms with van der Waals surface area (Å²) in [6.45, 7) is 0. The van der Waals surface area contributed by atoms with Gasteiger partial charge >= 0.3 is 12.3 Å². The molecule has 0 heterocycles. The highest BCUT2D eigenvalue weighted by Crippen LogP contribution is 2.27. The molecule has 0 aromatic heterocycles. The first-order valence-corrected chi connectivity index (χ1v) is 5.28. The monoisotopic (exact) mass is 276 g/mol. The van der Waals surface area contributed by atoms with E-state index >= 15 is 0 Å². The maximum Gasteiger partial charge on any atom is 0.573 e. The molecule has 0 aliphatic carbocycles. The van der Waals surface area contributed by atoms with E-state index in [-0.39, 0.29) is 18.4 Å². The molecule has 4 nitrogen and oxygen atoms in total. The molecule has 0 aliphatic rings. The summed E-state index contributed by atoms with van der Waals surface area (Å²) >= 11 is 0. The largest absolute Gasteiger partial charge is 0.573 e. The van der Waals surface area contributed by atoms with E-state index in [2.05, 4.69) is 9.47 Å².